The number of azo groups is 1. The lowest BCUT2D eigenvalue weighted by molar-refractivity contribution is 0.814. The monoisotopic (exact) mass is 390 g/mol. The topological polar surface area (TPSA) is 90.7 Å². The van der Waals surface area contributed by atoms with Gasteiger partial charge in [0, 0.05) is 25.3 Å². The molecule has 150 valence electrons. The molecule has 2 N–H and O–H groups in total. The second-order valence-electron chi connectivity index (χ2n) is 6.19. The zero-order valence-corrected chi connectivity index (χ0v) is 17.0. The summed E-state index contributed by atoms with van der Waals surface area (Å²) in [4.78, 5) is 15.6. The Bertz CT molecular complexity index is 921. The second kappa shape index (κ2) is 10.1. The van der Waals surface area contributed by atoms with Gasteiger partial charge in [-0.05, 0) is 57.2 Å². The maximum atomic E-state index is 4.56. The van der Waals surface area contributed by atoms with Crippen LogP contribution in [0.1, 0.15) is 20.8 Å². The molecular formula is C21H26N8. The first-order valence-corrected chi connectivity index (χ1v) is 9.80. The maximum Gasteiger partial charge on any atom is 0.233 e. The summed E-state index contributed by atoms with van der Waals surface area (Å²) in [6.07, 6.45) is 0. The lowest BCUT2D eigenvalue weighted by Gasteiger charge is -2.19. The molecular weight excluding hydrogens is 364 g/mol. The van der Waals surface area contributed by atoms with E-state index in [1.54, 1.807) is 0 Å². The minimum absolute atomic E-state index is 0.497. The molecule has 0 bridgehead atoms. The fraction of sp³-hybridized carbons (Fsp3) is 0.286. The van der Waals surface area contributed by atoms with Crippen LogP contribution < -0.4 is 15.5 Å². The van der Waals surface area contributed by atoms with Crippen LogP contribution in [0.2, 0.25) is 0 Å². The van der Waals surface area contributed by atoms with E-state index in [4.69, 9.17) is 0 Å². The van der Waals surface area contributed by atoms with Crippen LogP contribution >= 0.6 is 0 Å². The Labute approximate surface area is 171 Å². The van der Waals surface area contributed by atoms with Gasteiger partial charge in [-0.15, -0.1) is 0 Å². The lowest BCUT2D eigenvalue weighted by atomic mass is 10.3. The van der Waals surface area contributed by atoms with Gasteiger partial charge < -0.3 is 15.5 Å². The largest absolute Gasteiger partial charge is 0.354 e. The van der Waals surface area contributed by atoms with Gasteiger partial charge in [0.1, 0.15) is 0 Å². The molecule has 0 aliphatic heterocycles. The normalized spacial score (nSPS) is 10.9. The molecule has 8 heteroatoms. The Morgan fingerprint density at radius 2 is 1.38 bits per heavy atom. The molecule has 0 aliphatic carbocycles. The number of benzene rings is 2. The number of anilines is 4. The van der Waals surface area contributed by atoms with E-state index in [0.29, 0.717) is 17.8 Å². The third kappa shape index (κ3) is 5.71. The van der Waals surface area contributed by atoms with Crippen LogP contribution in [0.4, 0.5) is 34.9 Å². The van der Waals surface area contributed by atoms with E-state index in [0.717, 1.165) is 36.7 Å². The third-order valence-corrected chi connectivity index (χ3v) is 4.17. The standard InChI is InChI=1S/C21H26N8/c1-4-22-19-24-20(26-21(25-19)29(5-2)6-3)23-16-12-14-18(15-13-16)28-27-17-10-8-7-9-11-17/h7-15H,4-6H2,1-3H3,(H2,22,23,24,25,26). The van der Waals surface area contributed by atoms with Crippen LogP contribution in [0.15, 0.2) is 64.8 Å². The zero-order chi connectivity index (χ0) is 20.5. The number of rotatable bonds is 9. The van der Waals surface area contributed by atoms with Crippen molar-refractivity contribution in [1.82, 2.24) is 15.0 Å². The molecule has 0 fully saturated rings. The predicted molar refractivity (Wildman–Crippen MR) is 118 cm³/mol. The van der Waals surface area contributed by atoms with Gasteiger partial charge in [-0.25, -0.2) is 0 Å². The average Bonchev–Trinajstić information content (AvgIpc) is 2.75. The molecule has 8 nitrogen and oxygen atoms in total. The van der Waals surface area contributed by atoms with Crippen LogP contribution in [-0.2, 0) is 0 Å². The number of nitrogens with one attached hydrogen (secondary N) is 2. The molecule has 0 atom stereocenters. The van der Waals surface area contributed by atoms with E-state index in [1.807, 2.05) is 61.5 Å². The molecule has 29 heavy (non-hydrogen) atoms. The highest BCUT2D eigenvalue weighted by molar-refractivity contribution is 5.58. The third-order valence-electron chi connectivity index (χ3n) is 4.17. The van der Waals surface area contributed by atoms with E-state index >= 15 is 0 Å². The van der Waals surface area contributed by atoms with Crippen molar-refractivity contribution in [2.24, 2.45) is 10.2 Å². The quantitative estimate of drug-likeness (QED) is 0.481. The molecule has 0 saturated heterocycles. The van der Waals surface area contributed by atoms with E-state index < -0.39 is 0 Å². The Morgan fingerprint density at radius 3 is 2.00 bits per heavy atom. The highest BCUT2D eigenvalue weighted by atomic mass is 15.3. The van der Waals surface area contributed by atoms with Crippen LogP contribution in [0.5, 0.6) is 0 Å². The number of nitrogens with zero attached hydrogens (tertiary/aromatic N) is 6. The van der Waals surface area contributed by atoms with Gasteiger partial charge in [0.2, 0.25) is 17.8 Å². The van der Waals surface area contributed by atoms with E-state index in [9.17, 15) is 0 Å². The van der Waals surface area contributed by atoms with E-state index in [2.05, 4.69) is 54.6 Å². The van der Waals surface area contributed by atoms with Crippen LogP contribution in [0, 0.1) is 0 Å². The van der Waals surface area contributed by atoms with Gasteiger partial charge in [0.15, 0.2) is 0 Å². The smallest absolute Gasteiger partial charge is 0.233 e. The molecule has 3 rings (SSSR count). The number of aromatic nitrogens is 3. The Kier molecular flexibility index (Phi) is 7.05. The van der Waals surface area contributed by atoms with Gasteiger partial charge in [-0.1, -0.05) is 18.2 Å². The van der Waals surface area contributed by atoms with Crippen molar-refractivity contribution in [2.75, 3.05) is 35.2 Å². The maximum absolute atomic E-state index is 4.56. The minimum atomic E-state index is 0.497. The van der Waals surface area contributed by atoms with E-state index in [-0.39, 0.29) is 0 Å². The number of hydrogen-bond acceptors (Lipinski definition) is 8. The zero-order valence-electron chi connectivity index (χ0n) is 17.0. The molecule has 2 aromatic carbocycles. The molecule has 0 spiro atoms. The fourth-order valence-corrected chi connectivity index (χ4v) is 2.66. The van der Waals surface area contributed by atoms with Gasteiger partial charge in [-0.3, -0.25) is 0 Å². The summed E-state index contributed by atoms with van der Waals surface area (Å²) in [6, 6.07) is 17.3. The number of hydrogen-bond donors (Lipinski definition) is 2. The fourth-order valence-electron chi connectivity index (χ4n) is 2.66. The van der Waals surface area contributed by atoms with Crippen LogP contribution in [0.3, 0.4) is 0 Å². The first-order valence-electron chi connectivity index (χ1n) is 9.80. The lowest BCUT2D eigenvalue weighted by Crippen LogP contribution is -2.25. The summed E-state index contributed by atoms with van der Waals surface area (Å²) < 4.78 is 0. The van der Waals surface area contributed by atoms with Crippen molar-refractivity contribution >= 4 is 34.9 Å². The molecule has 0 amide bonds. The van der Waals surface area contributed by atoms with Crippen molar-refractivity contribution in [3.63, 3.8) is 0 Å². The van der Waals surface area contributed by atoms with Gasteiger partial charge >= 0.3 is 0 Å². The van der Waals surface area contributed by atoms with Crippen molar-refractivity contribution in [2.45, 2.75) is 20.8 Å². The Balaban J connectivity index is 1.75. The highest BCUT2D eigenvalue weighted by Gasteiger charge is 2.11. The SMILES string of the molecule is CCNc1nc(Nc2ccc(N=Nc3ccccc3)cc2)nc(N(CC)CC)n1. The van der Waals surface area contributed by atoms with Crippen molar-refractivity contribution in [1.29, 1.82) is 0 Å². The summed E-state index contributed by atoms with van der Waals surface area (Å²) in [5.41, 5.74) is 2.45. The van der Waals surface area contributed by atoms with E-state index in [1.165, 1.54) is 0 Å². The predicted octanol–water partition coefficient (Wildman–Crippen LogP) is 5.31. The average molecular weight is 390 g/mol. The minimum Gasteiger partial charge on any atom is -0.354 e. The Morgan fingerprint density at radius 1 is 0.759 bits per heavy atom. The van der Waals surface area contributed by atoms with Crippen molar-refractivity contribution in [3.8, 4) is 0 Å². The second-order valence-corrected chi connectivity index (χ2v) is 6.19. The summed E-state index contributed by atoms with van der Waals surface area (Å²) in [5, 5.41) is 14.9. The first kappa shape index (κ1) is 20.2. The summed E-state index contributed by atoms with van der Waals surface area (Å²) in [7, 11) is 0. The van der Waals surface area contributed by atoms with Gasteiger partial charge in [0.05, 0.1) is 11.4 Å². The van der Waals surface area contributed by atoms with Crippen LogP contribution in [-0.4, -0.2) is 34.6 Å². The molecule has 0 unspecified atom stereocenters. The summed E-state index contributed by atoms with van der Waals surface area (Å²) >= 11 is 0. The molecule has 0 radical (unpaired) electrons. The molecule has 0 saturated carbocycles. The van der Waals surface area contributed by atoms with Gasteiger partial charge in [0.25, 0.3) is 0 Å². The Hall–Kier alpha value is -3.55. The summed E-state index contributed by atoms with van der Waals surface area (Å²) in [5.74, 6) is 1.70. The first-order chi connectivity index (χ1) is 14.2. The van der Waals surface area contributed by atoms with Crippen LogP contribution in [0.25, 0.3) is 0 Å². The summed E-state index contributed by atoms with van der Waals surface area (Å²) in [6.45, 7) is 8.56. The molecule has 0 aliphatic rings. The van der Waals surface area contributed by atoms with Crippen molar-refractivity contribution < 1.29 is 0 Å². The van der Waals surface area contributed by atoms with Gasteiger partial charge in [-0.2, -0.15) is 25.2 Å². The van der Waals surface area contributed by atoms with Crippen molar-refractivity contribution in [3.05, 3.63) is 54.6 Å². The molecule has 1 heterocycles. The molecule has 3 aromatic rings. The highest BCUT2D eigenvalue weighted by Crippen LogP contribution is 2.22. The molecule has 1 aromatic heterocycles.